The van der Waals surface area contributed by atoms with Gasteiger partial charge in [0.05, 0.1) is 17.6 Å². The lowest BCUT2D eigenvalue weighted by molar-refractivity contribution is 0.867. The first-order valence-corrected chi connectivity index (χ1v) is 5.81. The minimum atomic E-state index is 0.559. The molecule has 2 heteroatoms. The second kappa shape index (κ2) is 5.39. The smallest absolute Gasteiger partial charge is 0.0812 e. The summed E-state index contributed by atoms with van der Waals surface area (Å²) < 4.78 is 0. The maximum atomic E-state index is 4.39. The molecule has 0 saturated carbocycles. The first-order valence-electron chi connectivity index (χ1n) is 5.81. The Labute approximate surface area is 102 Å². The van der Waals surface area contributed by atoms with Gasteiger partial charge in [0, 0.05) is 6.20 Å². The molecule has 0 aliphatic heterocycles. The molecule has 1 heterocycles. The molecule has 0 unspecified atom stereocenters. The Balaban J connectivity index is 2.12. The maximum Gasteiger partial charge on any atom is 0.0812 e. The predicted molar refractivity (Wildman–Crippen MR) is 72.0 cm³/mol. The minimum absolute atomic E-state index is 0.559. The van der Waals surface area contributed by atoms with E-state index in [1.54, 1.807) is 12.4 Å². The zero-order valence-electron chi connectivity index (χ0n) is 10.2. The molecule has 0 N–H and O–H groups in total. The summed E-state index contributed by atoms with van der Waals surface area (Å²) in [4.78, 5) is 8.58. The van der Waals surface area contributed by atoms with Crippen LogP contribution in [0, 0.1) is 0 Å². The normalized spacial score (nSPS) is 11.2. The van der Waals surface area contributed by atoms with Gasteiger partial charge in [-0.1, -0.05) is 32.0 Å². The number of hydrogen-bond donors (Lipinski definition) is 0. The van der Waals surface area contributed by atoms with E-state index in [2.05, 4.69) is 36.0 Å². The molecule has 2 nitrogen and oxygen atoms in total. The maximum absolute atomic E-state index is 4.39. The Bertz CT molecular complexity index is 484. The van der Waals surface area contributed by atoms with Gasteiger partial charge in [0.2, 0.25) is 0 Å². The minimum Gasteiger partial charge on any atom is -0.255 e. The summed E-state index contributed by atoms with van der Waals surface area (Å²) in [6.45, 7) is 4.37. The lowest BCUT2D eigenvalue weighted by Gasteiger charge is -2.04. The summed E-state index contributed by atoms with van der Waals surface area (Å²) in [5.41, 5.74) is 3.17. The van der Waals surface area contributed by atoms with Gasteiger partial charge in [0.15, 0.2) is 0 Å². The van der Waals surface area contributed by atoms with Gasteiger partial charge < -0.3 is 0 Å². The molecule has 0 amide bonds. The molecule has 0 aliphatic carbocycles. The fraction of sp³-hybridized carbons (Fsp3) is 0.200. The largest absolute Gasteiger partial charge is 0.255 e. The van der Waals surface area contributed by atoms with Gasteiger partial charge in [0.25, 0.3) is 0 Å². The fourth-order valence-corrected chi connectivity index (χ4v) is 1.54. The molecule has 0 saturated heterocycles. The first-order chi connectivity index (χ1) is 8.25. The average molecular weight is 224 g/mol. The Hall–Kier alpha value is -1.96. The molecule has 0 atom stereocenters. The summed E-state index contributed by atoms with van der Waals surface area (Å²) in [6, 6.07) is 14.1. The van der Waals surface area contributed by atoms with Crippen LogP contribution in [-0.4, -0.2) is 11.2 Å². The number of benzene rings is 1. The van der Waals surface area contributed by atoms with Gasteiger partial charge in [-0.15, -0.1) is 0 Å². The SMILES string of the molecule is CC(C)c1ccc(N=Cc2ccccn2)cc1. The summed E-state index contributed by atoms with van der Waals surface area (Å²) in [5, 5.41) is 0. The zero-order valence-corrected chi connectivity index (χ0v) is 10.2. The fourth-order valence-electron chi connectivity index (χ4n) is 1.54. The van der Waals surface area contributed by atoms with Crippen molar-refractivity contribution in [3.8, 4) is 0 Å². The van der Waals surface area contributed by atoms with Crippen molar-refractivity contribution in [2.45, 2.75) is 19.8 Å². The van der Waals surface area contributed by atoms with E-state index in [-0.39, 0.29) is 0 Å². The van der Waals surface area contributed by atoms with E-state index in [9.17, 15) is 0 Å². The van der Waals surface area contributed by atoms with Crippen LogP contribution in [-0.2, 0) is 0 Å². The lowest BCUT2D eigenvalue weighted by Crippen LogP contribution is -1.86. The molecule has 86 valence electrons. The third-order valence-electron chi connectivity index (χ3n) is 2.59. The van der Waals surface area contributed by atoms with Gasteiger partial charge >= 0.3 is 0 Å². The molecule has 2 rings (SSSR count). The van der Waals surface area contributed by atoms with Crippen LogP contribution in [0.2, 0.25) is 0 Å². The van der Waals surface area contributed by atoms with Crippen molar-refractivity contribution in [3.05, 3.63) is 59.9 Å². The molecule has 0 spiro atoms. The number of aromatic nitrogens is 1. The molecular formula is C15H16N2. The van der Waals surface area contributed by atoms with Crippen LogP contribution < -0.4 is 0 Å². The lowest BCUT2D eigenvalue weighted by atomic mass is 10.0. The Morgan fingerprint density at radius 3 is 2.41 bits per heavy atom. The van der Waals surface area contributed by atoms with Crippen LogP contribution in [0.15, 0.2) is 53.7 Å². The Morgan fingerprint density at radius 1 is 1.06 bits per heavy atom. The third-order valence-corrected chi connectivity index (χ3v) is 2.59. The van der Waals surface area contributed by atoms with Crippen LogP contribution in [0.1, 0.15) is 31.0 Å². The monoisotopic (exact) mass is 224 g/mol. The van der Waals surface area contributed by atoms with Crippen molar-refractivity contribution in [1.82, 2.24) is 4.98 Å². The molecule has 1 aromatic carbocycles. The van der Waals surface area contributed by atoms with Crippen LogP contribution >= 0.6 is 0 Å². The molecule has 1 aromatic heterocycles. The van der Waals surface area contributed by atoms with E-state index < -0.39 is 0 Å². The highest BCUT2D eigenvalue weighted by Crippen LogP contribution is 2.18. The van der Waals surface area contributed by atoms with E-state index in [0.717, 1.165) is 11.4 Å². The molecule has 2 aromatic rings. The van der Waals surface area contributed by atoms with Crippen molar-refractivity contribution in [2.75, 3.05) is 0 Å². The predicted octanol–water partition coefficient (Wildman–Crippen LogP) is 3.96. The van der Waals surface area contributed by atoms with Crippen molar-refractivity contribution >= 4 is 11.9 Å². The summed E-state index contributed by atoms with van der Waals surface area (Å²) in [5.74, 6) is 0.559. The Morgan fingerprint density at radius 2 is 1.82 bits per heavy atom. The van der Waals surface area contributed by atoms with Gasteiger partial charge in [-0.3, -0.25) is 9.98 Å². The first kappa shape index (κ1) is 11.5. The summed E-state index contributed by atoms with van der Waals surface area (Å²) in [7, 11) is 0. The van der Waals surface area contributed by atoms with Crippen molar-refractivity contribution in [1.29, 1.82) is 0 Å². The van der Waals surface area contributed by atoms with Gasteiger partial charge in [-0.05, 0) is 35.7 Å². The zero-order chi connectivity index (χ0) is 12.1. The third kappa shape index (κ3) is 3.25. The quantitative estimate of drug-likeness (QED) is 0.724. The highest BCUT2D eigenvalue weighted by molar-refractivity contribution is 5.79. The molecule has 0 bridgehead atoms. The van der Waals surface area contributed by atoms with Crippen LogP contribution in [0.3, 0.4) is 0 Å². The number of rotatable bonds is 3. The van der Waals surface area contributed by atoms with Crippen molar-refractivity contribution < 1.29 is 0 Å². The van der Waals surface area contributed by atoms with Crippen LogP contribution in [0.5, 0.6) is 0 Å². The van der Waals surface area contributed by atoms with E-state index in [1.165, 1.54) is 5.56 Å². The molecular weight excluding hydrogens is 208 g/mol. The molecule has 17 heavy (non-hydrogen) atoms. The summed E-state index contributed by atoms with van der Waals surface area (Å²) in [6.07, 6.45) is 3.55. The van der Waals surface area contributed by atoms with E-state index >= 15 is 0 Å². The molecule has 0 fully saturated rings. The topological polar surface area (TPSA) is 25.2 Å². The standard InChI is InChI=1S/C15H16N2/c1-12(2)13-6-8-14(9-7-13)17-11-15-5-3-4-10-16-15/h3-12H,1-2H3. The van der Waals surface area contributed by atoms with Gasteiger partial charge in [0.1, 0.15) is 0 Å². The molecule has 0 aliphatic rings. The van der Waals surface area contributed by atoms with E-state index in [4.69, 9.17) is 0 Å². The number of aliphatic imine (C=N–C) groups is 1. The molecule has 0 radical (unpaired) electrons. The van der Waals surface area contributed by atoms with Crippen LogP contribution in [0.25, 0.3) is 0 Å². The highest BCUT2D eigenvalue weighted by Gasteiger charge is 1.97. The summed E-state index contributed by atoms with van der Waals surface area (Å²) >= 11 is 0. The number of hydrogen-bond acceptors (Lipinski definition) is 2. The Kier molecular flexibility index (Phi) is 3.66. The van der Waals surface area contributed by atoms with E-state index in [0.29, 0.717) is 5.92 Å². The second-order valence-electron chi connectivity index (χ2n) is 4.26. The van der Waals surface area contributed by atoms with Gasteiger partial charge in [-0.25, -0.2) is 0 Å². The van der Waals surface area contributed by atoms with E-state index in [1.807, 2.05) is 30.3 Å². The highest BCUT2D eigenvalue weighted by atomic mass is 14.8. The van der Waals surface area contributed by atoms with Crippen molar-refractivity contribution in [2.24, 2.45) is 4.99 Å². The number of nitrogens with zero attached hydrogens (tertiary/aromatic N) is 2. The van der Waals surface area contributed by atoms with Crippen molar-refractivity contribution in [3.63, 3.8) is 0 Å². The number of pyridine rings is 1. The van der Waals surface area contributed by atoms with Gasteiger partial charge in [-0.2, -0.15) is 0 Å². The second-order valence-corrected chi connectivity index (χ2v) is 4.26. The van der Waals surface area contributed by atoms with Crippen LogP contribution in [0.4, 0.5) is 5.69 Å². The average Bonchev–Trinajstić information content (AvgIpc) is 2.38.